The highest BCUT2D eigenvalue weighted by Crippen LogP contribution is 2.41. The predicted octanol–water partition coefficient (Wildman–Crippen LogP) is 2.97. The van der Waals surface area contributed by atoms with E-state index < -0.39 is 0 Å². The number of urea groups is 2. The number of quaternary nitrogens is 1. The lowest BCUT2D eigenvalue weighted by Gasteiger charge is -2.31. The maximum absolute atomic E-state index is 13.1. The number of carbonyl (C=O) groups is 2. The van der Waals surface area contributed by atoms with Gasteiger partial charge in [-0.1, -0.05) is 28.1 Å². The van der Waals surface area contributed by atoms with E-state index in [1.165, 1.54) is 0 Å². The molecule has 2 aromatic rings. The van der Waals surface area contributed by atoms with Crippen LogP contribution in [0.3, 0.4) is 0 Å². The zero-order chi connectivity index (χ0) is 19.7. The second-order valence-corrected chi connectivity index (χ2v) is 7.48. The molecule has 0 radical (unpaired) electrons. The van der Waals surface area contributed by atoms with E-state index in [1.54, 1.807) is 11.0 Å². The van der Waals surface area contributed by atoms with Gasteiger partial charge in [0.15, 0.2) is 5.69 Å². The third-order valence-corrected chi connectivity index (χ3v) is 6.04. The van der Waals surface area contributed by atoms with Gasteiger partial charge in [0.25, 0.3) is 0 Å². The van der Waals surface area contributed by atoms with Gasteiger partial charge < -0.3 is 10.4 Å². The number of anilines is 1. The molecule has 0 bridgehead atoms. The second kappa shape index (κ2) is 7.54. The van der Waals surface area contributed by atoms with Crippen LogP contribution < -0.4 is 20.0 Å². The molecule has 0 aromatic heterocycles. The van der Waals surface area contributed by atoms with E-state index >= 15 is 0 Å². The van der Waals surface area contributed by atoms with Gasteiger partial charge in [0.05, 0.1) is 13.2 Å². The van der Waals surface area contributed by atoms with Crippen molar-refractivity contribution in [3.63, 3.8) is 0 Å². The number of aliphatic hydroxyl groups excluding tert-OH is 1. The minimum Gasteiger partial charge on any atom is -0.391 e. The molecule has 2 aliphatic heterocycles. The van der Waals surface area contributed by atoms with E-state index in [9.17, 15) is 14.7 Å². The van der Waals surface area contributed by atoms with Crippen LogP contribution in [-0.2, 0) is 11.9 Å². The third-order valence-electron chi connectivity index (χ3n) is 5.39. The molecular formula is C20H22BrN4O3+. The van der Waals surface area contributed by atoms with Crippen LogP contribution in [0.15, 0.2) is 42.5 Å². The van der Waals surface area contributed by atoms with Crippen LogP contribution in [0.5, 0.6) is 0 Å². The fourth-order valence-electron chi connectivity index (χ4n) is 4.02. The number of rotatable bonds is 5. The Morgan fingerprint density at radius 3 is 2.61 bits per heavy atom. The van der Waals surface area contributed by atoms with Gasteiger partial charge in [0.1, 0.15) is 12.2 Å². The SMILES string of the molecule is O=C1NCCN1c1ccc([N+]2(c3cccc(CBr)c3)CCNC2=O)c(CO)c1. The fraction of sp³-hybridized carbons (Fsp3) is 0.300. The number of nitrogens with zero attached hydrogens (tertiary/aromatic N) is 2. The largest absolute Gasteiger partial charge is 0.427 e. The number of nitrogens with one attached hydrogen (secondary N) is 2. The maximum Gasteiger partial charge on any atom is 0.427 e. The highest BCUT2D eigenvalue weighted by molar-refractivity contribution is 9.08. The second-order valence-electron chi connectivity index (χ2n) is 6.92. The smallest absolute Gasteiger partial charge is 0.391 e. The quantitative estimate of drug-likeness (QED) is 0.488. The van der Waals surface area contributed by atoms with E-state index in [0.717, 1.165) is 22.6 Å². The number of carbonyl (C=O) groups excluding carboxylic acids is 2. The predicted molar refractivity (Wildman–Crippen MR) is 112 cm³/mol. The number of benzene rings is 2. The van der Waals surface area contributed by atoms with Crippen molar-refractivity contribution in [2.24, 2.45) is 0 Å². The van der Waals surface area contributed by atoms with Crippen LogP contribution in [0.1, 0.15) is 11.1 Å². The average molecular weight is 446 g/mol. The van der Waals surface area contributed by atoms with Gasteiger partial charge in [-0.3, -0.25) is 10.2 Å². The lowest BCUT2D eigenvalue weighted by Crippen LogP contribution is -2.47. The average Bonchev–Trinajstić information content (AvgIpc) is 3.33. The van der Waals surface area contributed by atoms with Gasteiger partial charge in [-0.15, -0.1) is 0 Å². The van der Waals surface area contributed by atoms with Crippen LogP contribution >= 0.6 is 15.9 Å². The number of hydrogen-bond acceptors (Lipinski definition) is 3. The van der Waals surface area contributed by atoms with Crippen LogP contribution in [0.4, 0.5) is 26.7 Å². The molecule has 2 heterocycles. The Kier molecular flexibility index (Phi) is 5.09. The van der Waals surface area contributed by atoms with Gasteiger partial charge in [-0.05, 0) is 17.7 Å². The lowest BCUT2D eigenvalue weighted by atomic mass is 10.1. The number of aliphatic hydroxyl groups is 1. The number of hydrogen-bond donors (Lipinski definition) is 3. The molecule has 28 heavy (non-hydrogen) atoms. The highest BCUT2D eigenvalue weighted by atomic mass is 79.9. The fourth-order valence-corrected chi connectivity index (χ4v) is 4.36. The van der Waals surface area contributed by atoms with E-state index in [4.69, 9.17) is 0 Å². The Bertz CT molecular complexity index is 935. The van der Waals surface area contributed by atoms with E-state index in [2.05, 4.69) is 26.6 Å². The highest BCUT2D eigenvalue weighted by Gasteiger charge is 2.47. The number of alkyl halides is 1. The normalized spacial score (nSPS) is 21.7. The van der Waals surface area contributed by atoms with Crippen molar-refractivity contribution in [2.75, 3.05) is 31.1 Å². The molecule has 0 spiro atoms. The summed E-state index contributed by atoms with van der Waals surface area (Å²) in [5, 5.41) is 16.5. The number of amides is 4. The molecule has 1 atom stereocenters. The molecule has 8 heteroatoms. The Hall–Kier alpha value is -2.42. The molecule has 7 nitrogen and oxygen atoms in total. The molecule has 2 aromatic carbocycles. The monoisotopic (exact) mass is 445 g/mol. The third kappa shape index (κ3) is 2.97. The number of halogens is 1. The Labute approximate surface area is 171 Å². The Balaban J connectivity index is 1.85. The molecule has 2 saturated heterocycles. The zero-order valence-corrected chi connectivity index (χ0v) is 16.9. The lowest BCUT2D eigenvalue weighted by molar-refractivity contribution is 0.230. The maximum atomic E-state index is 13.1. The van der Waals surface area contributed by atoms with Crippen molar-refractivity contribution in [3.8, 4) is 0 Å². The first-order chi connectivity index (χ1) is 13.6. The summed E-state index contributed by atoms with van der Waals surface area (Å²) in [6.07, 6.45) is 0. The molecule has 2 aliphatic rings. The molecule has 4 rings (SSSR count). The van der Waals surface area contributed by atoms with Crippen molar-refractivity contribution in [1.82, 2.24) is 15.1 Å². The Morgan fingerprint density at radius 2 is 1.96 bits per heavy atom. The van der Waals surface area contributed by atoms with Crippen molar-refractivity contribution < 1.29 is 14.7 Å². The molecule has 146 valence electrons. The van der Waals surface area contributed by atoms with Gasteiger partial charge in [0.2, 0.25) is 0 Å². The van der Waals surface area contributed by atoms with E-state index in [-0.39, 0.29) is 23.2 Å². The Morgan fingerprint density at radius 1 is 1.11 bits per heavy atom. The van der Waals surface area contributed by atoms with E-state index in [1.807, 2.05) is 36.4 Å². The molecule has 3 N–H and O–H groups in total. The summed E-state index contributed by atoms with van der Waals surface area (Å²) in [5.74, 6) is 0. The summed E-state index contributed by atoms with van der Waals surface area (Å²) < 4.78 is 0.00318. The summed E-state index contributed by atoms with van der Waals surface area (Å²) in [4.78, 5) is 26.7. The van der Waals surface area contributed by atoms with Gasteiger partial charge >= 0.3 is 12.1 Å². The first-order valence-electron chi connectivity index (χ1n) is 9.22. The van der Waals surface area contributed by atoms with Crippen LogP contribution in [0, 0.1) is 0 Å². The van der Waals surface area contributed by atoms with Crippen molar-refractivity contribution in [1.29, 1.82) is 0 Å². The standard InChI is InChI=1S/C20H21BrN4O3/c21-12-14-2-1-3-17(10-14)25(9-7-23-20(25)28)18-5-4-16(11-15(18)13-26)24-8-6-22-19(24)27/h1-5,10-11,26H,6-9,12-13H2,(H-,22,23,27,28)/p+1. The minimum atomic E-state index is -0.218. The van der Waals surface area contributed by atoms with Gasteiger partial charge in [-0.25, -0.2) is 9.59 Å². The zero-order valence-electron chi connectivity index (χ0n) is 15.3. The summed E-state index contributed by atoms with van der Waals surface area (Å²) in [6, 6.07) is 13.2. The van der Waals surface area contributed by atoms with Gasteiger partial charge in [-0.2, -0.15) is 4.48 Å². The van der Waals surface area contributed by atoms with Crippen molar-refractivity contribution >= 4 is 45.1 Å². The molecule has 4 amide bonds. The topological polar surface area (TPSA) is 81.7 Å². The first-order valence-corrected chi connectivity index (χ1v) is 10.3. The molecule has 0 saturated carbocycles. The van der Waals surface area contributed by atoms with Gasteiger partial charge in [0, 0.05) is 47.9 Å². The van der Waals surface area contributed by atoms with Crippen molar-refractivity contribution in [3.05, 3.63) is 53.6 Å². The summed E-state index contributed by atoms with van der Waals surface area (Å²) in [5.41, 5.74) is 4.01. The summed E-state index contributed by atoms with van der Waals surface area (Å²) in [7, 11) is 0. The van der Waals surface area contributed by atoms with Crippen LogP contribution in [-0.4, -0.2) is 43.3 Å². The molecular weight excluding hydrogens is 424 g/mol. The first kappa shape index (κ1) is 18.9. The van der Waals surface area contributed by atoms with Crippen molar-refractivity contribution in [2.45, 2.75) is 11.9 Å². The molecule has 1 unspecified atom stereocenters. The van der Waals surface area contributed by atoms with Crippen LogP contribution in [0.2, 0.25) is 0 Å². The summed E-state index contributed by atoms with van der Waals surface area (Å²) in [6.45, 7) is 2.07. The van der Waals surface area contributed by atoms with Crippen LogP contribution in [0.25, 0.3) is 0 Å². The van der Waals surface area contributed by atoms with E-state index in [0.29, 0.717) is 37.1 Å². The molecule has 2 fully saturated rings. The minimum absolute atomic E-state index is 0.00318. The summed E-state index contributed by atoms with van der Waals surface area (Å²) >= 11 is 3.48. The molecule has 0 aliphatic carbocycles.